The van der Waals surface area contributed by atoms with Gasteiger partial charge in [0.2, 0.25) is 12.5 Å². The molecular formula is C19H19NO5. The second kappa shape index (κ2) is 8.10. The van der Waals surface area contributed by atoms with E-state index in [1.54, 1.807) is 7.11 Å². The van der Waals surface area contributed by atoms with E-state index in [9.17, 15) is 4.79 Å². The molecule has 130 valence electrons. The Morgan fingerprint density at radius 2 is 2.08 bits per heavy atom. The van der Waals surface area contributed by atoms with E-state index in [1.165, 1.54) is 0 Å². The maximum Gasteiger partial charge on any atom is 0.407 e. The number of rotatable bonds is 6. The highest BCUT2D eigenvalue weighted by Gasteiger charge is 2.19. The van der Waals surface area contributed by atoms with Crippen molar-refractivity contribution < 1.29 is 23.7 Å². The topological polar surface area (TPSA) is 66.0 Å². The minimum atomic E-state index is -0.461. The summed E-state index contributed by atoms with van der Waals surface area (Å²) in [7, 11) is 1.58. The van der Waals surface area contributed by atoms with Gasteiger partial charge in [0.25, 0.3) is 0 Å². The third-order valence-corrected chi connectivity index (χ3v) is 3.57. The molecule has 0 fully saturated rings. The van der Waals surface area contributed by atoms with E-state index in [0.717, 1.165) is 11.1 Å². The molecule has 3 rings (SSSR count). The molecule has 0 aromatic heterocycles. The number of ether oxygens (including phenoxy) is 4. The van der Waals surface area contributed by atoms with Crippen LogP contribution in [0, 0.1) is 0 Å². The largest absolute Gasteiger partial charge is 0.493 e. The number of alkyl carbamates (subject to hydrolysis) is 1. The van der Waals surface area contributed by atoms with Gasteiger partial charge < -0.3 is 24.3 Å². The highest BCUT2D eigenvalue weighted by atomic mass is 16.7. The van der Waals surface area contributed by atoms with Crippen molar-refractivity contribution in [2.45, 2.75) is 6.61 Å². The average Bonchev–Trinajstić information content (AvgIpc) is 3.12. The molecule has 2 aromatic carbocycles. The van der Waals surface area contributed by atoms with E-state index >= 15 is 0 Å². The highest BCUT2D eigenvalue weighted by Crippen LogP contribution is 2.41. The number of benzene rings is 2. The van der Waals surface area contributed by atoms with E-state index in [0.29, 0.717) is 23.8 Å². The SMILES string of the molecule is COc1cc(C=CCNC(=O)OCc2ccccc2)cc2c1OCO2. The summed E-state index contributed by atoms with van der Waals surface area (Å²) in [6.07, 6.45) is 3.22. The molecule has 1 aliphatic heterocycles. The van der Waals surface area contributed by atoms with Crippen LogP contribution in [0.1, 0.15) is 11.1 Å². The minimum absolute atomic E-state index is 0.188. The third kappa shape index (κ3) is 4.44. The van der Waals surface area contributed by atoms with Gasteiger partial charge in [-0.1, -0.05) is 42.5 Å². The molecule has 0 aliphatic carbocycles. The van der Waals surface area contributed by atoms with Crippen molar-refractivity contribution in [1.29, 1.82) is 0 Å². The first-order valence-electron chi connectivity index (χ1n) is 7.85. The van der Waals surface area contributed by atoms with Crippen LogP contribution in [-0.4, -0.2) is 26.5 Å². The molecule has 6 heteroatoms. The smallest absolute Gasteiger partial charge is 0.407 e. The van der Waals surface area contributed by atoms with Crippen LogP contribution in [0.5, 0.6) is 17.2 Å². The Kier molecular flexibility index (Phi) is 5.41. The fourth-order valence-corrected chi connectivity index (χ4v) is 2.36. The Labute approximate surface area is 146 Å². The van der Waals surface area contributed by atoms with Crippen LogP contribution in [0.15, 0.2) is 48.5 Å². The summed E-state index contributed by atoms with van der Waals surface area (Å²) < 4.78 is 21.1. The summed E-state index contributed by atoms with van der Waals surface area (Å²) in [6.45, 7) is 0.786. The summed E-state index contributed by atoms with van der Waals surface area (Å²) in [4.78, 5) is 11.7. The molecule has 0 saturated heterocycles. The van der Waals surface area contributed by atoms with Crippen LogP contribution in [0.4, 0.5) is 4.79 Å². The summed E-state index contributed by atoms with van der Waals surface area (Å²) in [5.74, 6) is 1.88. The quantitative estimate of drug-likeness (QED) is 0.873. The molecule has 0 atom stereocenters. The molecule has 0 bridgehead atoms. The maximum atomic E-state index is 11.7. The molecule has 2 aromatic rings. The van der Waals surface area contributed by atoms with Crippen molar-refractivity contribution in [2.75, 3.05) is 20.4 Å². The average molecular weight is 341 g/mol. The van der Waals surface area contributed by atoms with Gasteiger partial charge >= 0.3 is 6.09 Å². The summed E-state index contributed by atoms with van der Waals surface area (Å²) in [5, 5.41) is 2.67. The van der Waals surface area contributed by atoms with Gasteiger partial charge in [-0.2, -0.15) is 0 Å². The van der Waals surface area contributed by atoms with Gasteiger partial charge in [-0.15, -0.1) is 0 Å². The Morgan fingerprint density at radius 1 is 1.24 bits per heavy atom. The predicted molar refractivity (Wildman–Crippen MR) is 92.8 cm³/mol. The van der Waals surface area contributed by atoms with Crippen molar-refractivity contribution >= 4 is 12.2 Å². The van der Waals surface area contributed by atoms with Gasteiger partial charge in [0, 0.05) is 6.54 Å². The summed E-state index contributed by atoms with van der Waals surface area (Å²) >= 11 is 0. The van der Waals surface area contributed by atoms with Crippen LogP contribution >= 0.6 is 0 Å². The van der Waals surface area contributed by atoms with E-state index in [-0.39, 0.29) is 13.4 Å². The van der Waals surface area contributed by atoms with Crippen molar-refractivity contribution in [3.8, 4) is 17.2 Å². The first kappa shape index (κ1) is 16.7. The van der Waals surface area contributed by atoms with Gasteiger partial charge in [-0.25, -0.2) is 4.79 Å². The van der Waals surface area contributed by atoms with E-state index in [2.05, 4.69) is 5.32 Å². The second-order valence-corrected chi connectivity index (χ2v) is 5.30. The molecule has 1 aliphatic rings. The molecule has 1 heterocycles. The maximum absolute atomic E-state index is 11.7. The first-order valence-corrected chi connectivity index (χ1v) is 7.85. The Morgan fingerprint density at radius 3 is 2.88 bits per heavy atom. The number of fused-ring (bicyclic) bond motifs is 1. The minimum Gasteiger partial charge on any atom is -0.493 e. The molecule has 0 radical (unpaired) electrons. The summed E-state index contributed by atoms with van der Waals surface area (Å²) in [5.41, 5.74) is 1.83. The third-order valence-electron chi connectivity index (χ3n) is 3.57. The molecule has 0 saturated carbocycles. The number of carbonyl (C=O) groups is 1. The number of hydrogen-bond acceptors (Lipinski definition) is 5. The van der Waals surface area contributed by atoms with Gasteiger partial charge in [0.05, 0.1) is 7.11 Å². The lowest BCUT2D eigenvalue weighted by molar-refractivity contribution is 0.141. The van der Waals surface area contributed by atoms with Crippen molar-refractivity contribution in [3.63, 3.8) is 0 Å². The van der Waals surface area contributed by atoms with Gasteiger partial charge in [0.1, 0.15) is 6.61 Å². The van der Waals surface area contributed by atoms with Crippen molar-refractivity contribution in [1.82, 2.24) is 5.32 Å². The van der Waals surface area contributed by atoms with Gasteiger partial charge in [-0.3, -0.25) is 0 Å². The normalized spacial score (nSPS) is 12.2. The van der Waals surface area contributed by atoms with Crippen LogP contribution in [0.2, 0.25) is 0 Å². The number of carbonyl (C=O) groups excluding carboxylic acids is 1. The molecule has 25 heavy (non-hydrogen) atoms. The highest BCUT2D eigenvalue weighted by molar-refractivity contribution is 5.68. The van der Waals surface area contributed by atoms with E-state index < -0.39 is 6.09 Å². The Hall–Kier alpha value is -3.15. The lowest BCUT2D eigenvalue weighted by Crippen LogP contribution is -2.24. The van der Waals surface area contributed by atoms with E-state index in [1.807, 2.05) is 54.6 Å². The Balaban J connectivity index is 1.48. The first-order chi connectivity index (χ1) is 12.3. The standard InChI is InChI=1S/C19H19NO5/c1-22-16-10-15(11-17-18(16)25-13-24-17)8-5-9-20-19(21)23-12-14-6-3-2-4-7-14/h2-8,10-11H,9,12-13H2,1H3,(H,20,21). The number of hydrogen-bond donors (Lipinski definition) is 1. The van der Waals surface area contributed by atoms with E-state index in [4.69, 9.17) is 18.9 Å². The number of nitrogens with one attached hydrogen (secondary N) is 1. The zero-order chi connectivity index (χ0) is 17.5. The van der Waals surface area contributed by atoms with Crippen LogP contribution in [0.3, 0.4) is 0 Å². The van der Waals surface area contributed by atoms with Crippen molar-refractivity contribution in [3.05, 3.63) is 59.7 Å². The van der Waals surface area contributed by atoms with Crippen LogP contribution in [-0.2, 0) is 11.3 Å². The molecular weight excluding hydrogens is 322 g/mol. The van der Waals surface area contributed by atoms with Crippen LogP contribution < -0.4 is 19.5 Å². The second-order valence-electron chi connectivity index (χ2n) is 5.30. The predicted octanol–water partition coefficient (Wildman–Crippen LogP) is 3.36. The molecule has 6 nitrogen and oxygen atoms in total. The van der Waals surface area contributed by atoms with Gasteiger partial charge in [-0.05, 0) is 23.3 Å². The lowest BCUT2D eigenvalue weighted by Gasteiger charge is -2.06. The lowest BCUT2D eigenvalue weighted by atomic mass is 10.1. The van der Waals surface area contributed by atoms with Crippen molar-refractivity contribution in [2.24, 2.45) is 0 Å². The Bertz CT molecular complexity index is 758. The molecule has 1 amide bonds. The van der Waals surface area contributed by atoms with Crippen LogP contribution in [0.25, 0.3) is 6.08 Å². The van der Waals surface area contributed by atoms with Gasteiger partial charge in [0.15, 0.2) is 11.5 Å². The molecule has 0 unspecified atom stereocenters. The summed E-state index contributed by atoms with van der Waals surface area (Å²) in [6, 6.07) is 13.2. The monoisotopic (exact) mass is 341 g/mol. The molecule has 1 N–H and O–H groups in total. The zero-order valence-electron chi connectivity index (χ0n) is 13.9. The zero-order valence-corrected chi connectivity index (χ0v) is 13.9. The fraction of sp³-hybridized carbons (Fsp3) is 0.211. The number of methoxy groups -OCH3 is 1. The molecule has 0 spiro atoms. The fourth-order valence-electron chi connectivity index (χ4n) is 2.36. The number of amides is 1.